The molecule has 24 heavy (non-hydrogen) atoms. The van der Waals surface area contributed by atoms with Gasteiger partial charge in [0, 0.05) is 26.2 Å². The Balaban J connectivity index is 1.40. The lowest BCUT2D eigenvalue weighted by Gasteiger charge is -2.31. The molecule has 5 heteroatoms. The van der Waals surface area contributed by atoms with Crippen molar-refractivity contribution in [2.45, 2.75) is 38.2 Å². The third-order valence-corrected chi connectivity index (χ3v) is 4.98. The summed E-state index contributed by atoms with van der Waals surface area (Å²) in [7, 11) is 0. The van der Waals surface area contributed by atoms with Gasteiger partial charge in [0.15, 0.2) is 0 Å². The molecule has 0 bridgehead atoms. The Bertz CT molecular complexity index is 547. The van der Waals surface area contributed by atoms with E-state index in [1.54, 1.807) is 4.90 Å². The first kappa shape index (κ1) is 17.0. The first-order valence-electron chi connectivity index (χ1n) is 8.95. The summed E-state index contributed by atoms with van der Waals surface area (Å²) in [4.78, 5) is 25.9. The number of piperidine rings is 1. The van der Waals surface area contributed by atoms with E-state index in [9.17, 15) is 9.59 Å². The molecule has 2 aliphatic rings. The van der Waals surface area contributed by atoms with Crippen molar-refractivity contribution in [3.8, 4) is 0 Å². The van der Waals surface area contributed by atoms with Crippen molar-refractivity contribution in [1.82, 2.24) is 10.2 Å². The molecular formula is C19H26N2O3. The van der Waals surface area contributed by atoms with Crippen molar-refractivity contribution >= 4 is 11.8 Å². The van der Waals surface area contributed by atoms with Crippen LogP contribution in [0.5, 0.6) is 0 Å². The topological polar surface area (TPSA) is 58.6 Å². The lowest BCUT2D eigenvalue weighted by Crippen LogP contribution is -2.47. The van der Waals surface area contributed by atoms with Crippen LogP contribution in [0.1, 0.15) is 31.2 Å². The maximum absolute atomic E-state index is 12.2. The number of ether oxygens (including phenoxy) is 1. The van der Waals surface area contributed by atoms with Crippen LogP contribution in [0, 0.1) is 5.92 Å². The Kier molecular flexibility index (Phi) is 5.86. The molecule has 5 nitrogen and oxygen atoms in total. The van der Waals surface area contributed by atoms with E-state index in [-0.39, 0.29) is 6.10 Å². The molecule has 3 rings (SSSR count). The number of benzene rings is 1. The monoisotopic (exact) mass is 330 g/mol. The Morgan fingerprint density at radius 1 is 1.12 bits per heavy atom. The summed E-state index contributed by atoms with van der Waals surface area (Å²) in [6, 6.07) is 10.4. The zero-order valence-corrected chi connectivity index (χ0v) is 14.1. The van der Waals surface area contributed by atoms with Gasteiger partial charge in [-0.15, -0.1) is 0 Å². The predicted octanol–water partition coefficient (Wildman–Crippen LogP) is 1.76. The van der Waals surface area contributed by atoms with Crippen LogP contribution >= 0.6 is 0 Å². The molecule has 2 amide bonds. The predicted molar refractivity (Wildman–Crippen MR) is 91.4 cm³/mol. The second kappa shape index (κ2) is 8.29. The Labute approximate surface area is 143 Å². The summed E-state index contributed by atoms with van der Waals surface area (Å²) in [5.74, 6) is -0.301. The fourth-order valence-electron chi connectivity index (χ4n) is 3.52. The minimum atomic E-state index is -0.494. The van der Waals surface area contributed by atoms with Crippen LogP contribution < -0.4 is 5.32 Å². The molecule has 2 fully saturated rings. The van der Waals surface area contributed by atoms with Gasteiger partial charge in [-0.3, -0.25) is 9.59 Å². The summed E-state index contributed by atoms with van der Waals surface area (Å²) in [6.07, 6.45) is 5.02. The first-order valence-corrected chi connectivity index (χ1v) is 8.95. The van der Waals surface area contributed by atoms with Gasteiger partial charge in [-0.2, -0.15) is 0 Å². The number of nitrogens with one attached hydrogen (secondary N) is 1. The summed E-state index contributed by atoms with van der Waals surface area (Å²) in [5.41, 5.74) is 1.34. The van der Waals surface area contributed by atoms with Crippen LogP contribution in [-0.4, -0.2) is 49.1 Å². The third kappa shape index (κ3) is 4.57. The van der Waals surface area contributed by atoms with E-state index in [0.717, 1.165) is 38.7 Å². The summed E-state index contributed by atoms with van der Waals surface area (Å²) < 4.78 is 5.46. The largest absolute Gasteiger partial charge is 0.376 e. The number of likely N-dealkylation sites (tertiary alicyclic amines) is 1. The highest BCUT2D eigenvalue weighted by Crippen LogP contribution is 2.21. The molecule has 0 radical (unpaired) electrons. The molecular weight excluding hydrogens is 304 g/mol. The average molecular weight is 330 g/mol. The van der Waals surface area contributed by atoms with E-state index in [4.69, 9.17) is 4.74 Å². The highest BCUT2D eigenvalue weighted by atomic mass is 16.5. The number of carbonyl (C=O) groups is 2. The van der Waals surface area contributed by atoms with E-state index >= 15 is 0 Å². The fourth-order valence-corrected chi connectivity index (χ4v) is 3.52. The Hall–Kier alpha value is -1.88. The number of hydrogen-bond donors (Lipinski definition) is 1. The molecule has 1 unspecified atom stereocenters. The van der Waals surface area contributed by atoms with Gasteiger partial charge in [0.25, 0.3) is 0 Å². The van der Waals surface area contributed by atoms with Gasteiger partial charge in [-0.1, -0.05) is 30.3 Å². The van der Waals surface area contributed by atoms with Crippen molar-refractivity contribution < 1.29 is 14.3 Å². The van der Waals surface area contributed by atoms with Crippen LogP contribution in [0.3, 0.4) is 0 Å². The number of amides is 2. The fraction of sp³-hybridized carbons (Fsp3) is 0.579. The number of rotatable bonds is 4. The van der Waals surface area contributed by atoms with Crippen molar-refractivity contribution in [2.75, 3.05) is 26.2 Å². The molecule has 2 heterocycles. The molecule has 130 valence electrons. The van der Waals surface area contributed by atoms with E-state index in [0.29, 0.717) is 25.6 Å². The van der Waals surface area contributed by atoms with Crippen LogP contribution in [0.2, 0.25) is 0 Å². The second-order valence-corrected chi connectivity index (χ2v) is 6.77. The summed E-state index contributed by atoms with van der Waals surface area (Å²) in [6.45, 7) is 2.53. The van der Waals surface area contributed by atoms with Gasteiger partial charge in [-0.25, -0.2) is 0 Å². The number of carbonyl (C=O) groups excluding carboxylic acids is 2. The molecule has 0 aliphatic carbocycles. The van der Waals surface area contributed by atoms with E-state index in [2.05, 4.69) is 29.6 Å². The minimum Gasteiger partial charge on any atom is -0.376 e. The molecule has 2 aliphatic heterocycles. The molecule has 1 aromatic carbocycles. The van der Waals surface area contributed by atoms with Crippen LogP contribution in [0.15, 0.2) is 30.3 Å². The number of hydrogen-bond acceptors (Lipinski definition) is 3. The maximum atomic E-state index is 12.2. The summed E-state index contributed by atoms with van der Waals surface area (Å²) in [5, 5.41) is 2.72. The zero-order chi connectivity index (χ0) is 16.8. The van der Waals surface area contributed by atoms with Crippen molar-refractivity contribution in [2.24, 2.45) is 5.92 Å². The van der Waals surface area contributed by atoms with Crippen molar-refractivity contribution in [3.63, 3.8) is 0 Å². The van der Waals surface area contributed by atoms with Crippen LogP contribution in [0.25, 0.3) is 0 Å². The molecule has 0 aromatic heterocycles. The van der Waals surface area contributed by atoms with Gasteiger partial charge in [0.05, 0.1) is 6.10 Å². The van der Waals surface area contributed by atoms with Gasteiger partial charge in [-0.05, 0) is 43.6 Å². The standard InChI is InChI=1S/C19H26N2O3/c22-18(20-14-17-7-4-12-24-17)19(23)21-10-8-16(9-11-21)13-15-5-2-1-3-6-15/h1-3,5-6,16-17H,4,7-14H2,(H,20,22). The van der Waals surface area contributed by atoms with Crippen LogP contribution in [-0.2, 0) is 20.7 Å². The quantitative estimate of drug-likeness (QED) is 0.856. The highest BCUT2D eigenvalue weighted by molar-refractivity contribution is 6.35. The summed E-state index contributed by atoms with van der Waals surface area (Å²) >= 11 is 0. The molecule has 1 atom stereocenters. The van der Waals surface area contributed by atoms with Gasteiger partial charge in [0.2, 0.25) is 0 Å². The van der Waals surface area contributed by atoms with E-state index < -0.39 is 11.8 Å². The lowest BCUT2D eigenvalue weighted by atomic mass is 9.90. The number of nitrogens with zero attached hydrogens (tertiary/aromatic N) is 1. The minimum absolute atomic E-state index is 0.0679. The van der Waals surface area contributed by atoms with Crippen LogP contribution in [0.4, 0.5) is 0 Å². The maximum Gasteiger partial charge on any atom is 0.311 e. The van der Waals surface area contributed by atoms with Gasteiger partial charge < -0.3 is 15.0 Å². The first-order chi connectivity index (χ1) is 11.7. The molecule has 1 N–H and O–H groups in total. The van der Waals surface area contributed by atoms with Crippen molar-refractivity contribution in [1.29, 1.82) is 0 Å². The van der Waals surface area contributed by atoms with E-state index in [1.165, 1.54) is 5.56 Å². The third-order valence-electron chi connectivity index (χ3n) is 4.98. The average Bonchev–Trinajstić information content (AvgIpc) is 3.14. The molecule has 1 aromatic rings. The SMILES string of the molecule is O=C(NCC1CCCO1)C(=O)N1CCC(Cc2ccccc2)CC1. The second-order valence-electron chi connectivity index (χ2n) is 6.77. The molecule has 0 saturated carbocycles. The smallest absolute Gasteiger partial charge is 0.311 e. The van der Waals surface area contributed by atoms with Gasteiger partial charge in [0.1, 0.15) is 0 Å². The Morgan fingerprint density at radius 2 is 1.88 bits per heavy atom. The lowest BCUT2D eigenvalue weighted by molar-refractivity contribution is -0.147. The van der Waals surface area contributed by atoms with Gasteiger partial charge >= 0.3 is 11.8 Å². The van der Waals surface area contributed by atoms with E-state index in [1.807, 2.05) is 6.07 Å². The molecule has 2 saturated heterocycles. The zero-order valence-electron chi connectivity index (χ0n) is 14.1. The van der Waals surface area contributed by atoms with Crippen molar-refractivity contribution in [3.05, 3.63) is 35.9 Å². The highest BCUT2D eigenvalue weighted by Gasteiger charge is 2.27. The normalized spacial score (nSPS) is 21.7. The molecule has 0 spiro atoms. The Morgan fingerprint density at radius 3 is 2.54 bits per heavy atom.